The van der Waals surface area contributed by atoms with E-state index in [0.717, 1.165) is 19.3 Å². The molecule has 1 aromatic rings. The lowest BCUT2D eigenvalue weighted by atomic mass is 10.00. The number of rotatable bonds is 6. The Morgan fingerprint density at radius 2 is 2.06 bits per heavy atom. The van der Waals surface area contributed by atoms with Gasteiger partial charge in [-0.15, -0.1) is 0 Å². The topological polar surface area (TPSA) is 26.0 Å². The third-order valence-corrected chi connectivity index (χ3v) is 3.92. The molecule has 1 atom stereocenters. The smallest absolute Gasteiger partial charge is 0.0207 e. The molecule has 1 nitrogen and oxygen atoms in total. The summed E-state index contributed by atoms with van der Waals surface area (Å²) < 4.78 is 1.21. The van der Waals surface area contributed by atoms with Crippen LogP contribution in [0.4, 0.5) is 0 Å². The molecule has 1 unspecified atom stereocenters. The molecule has 0 spiro atoms. The molecule has 0 heterocycles. The van der Waals surface area contributed by atoms with E-state index >= 15 is 0 Å². The van der Waals surface area contributed by atoms with E-state index in [2.05, 4.69) is 48.0 Å². The Kier molecular flexibility index (Phi) is 6.07. The molecule has 1 aromatic carbocycles. The number of nitrogens with two attached hydrogens (primary N) is 1. The lowest BCUT2D eigenvalue weighted by molar-refractivity contribution is 0.539. The van der Waals surface area contributed by atoms with Crippen molar-refractivity contribution in [3.63, 3.8) is 0 Å². The van der Waals surface area contributed by atoms with Crippen molar-refractivity contribution < 1.29 is 0 Å². The Morgan fingerprint density at radius 1 is 1.31 bits per heavy atom. The predicted octanol–water partition coefficient (Wildman–Crippen LogP) is 4.21. The molecular formula is C14H22BrN. The minimum absolute atomic E-state index is 0.387. The first kappa shape index (κ1) is 13.7. The molecule has 0 fully saturated rings. The van der Waals surface area contributed by atoms with Crippen LogP contribution in [0.15, 0.2) is 22.7 Å². The van der Waals surface area contributed by atoms with E-state index in [1.807, 2.05) is 0 Å². The Hall–Kier alpha value is -0.340. The summed E-state index contributed by atoms with van der Waals surface area (Å²) in [4.78, 5) is 0. The molecule has 2 heteroatoms. The van der Waals surface area contributed by atoms with E-state index in [1.54, 1.807) is 0 Å². The summed E-state index contributed by atoms with van der Waals surface area (Å²) >= 11 is 3.57. The average Bonchev–Trinajstić information content (AvgIpc) is 2.25. The van der Waals surface area contributed by atoms with Gasteiger partial charge in [-0.2, -0.15) is 0 Å². The van der Waals surface area contributed by atoms with E-state index in [9.17, 15) is 0 Å². The summed E-state index contributed by atoms with van der Waals surface area (Å²) in [5.41, 5.74) is 8.82. The van der Waals surface area contributed by atoms with Crippen LogP contribution < -0.4 is 5.73 Å². The molecule has 0 saturated heterocycles. The van der Waals surface area contributed by atoms with E-state index < -0.39 is 0 Å². The van der Waals surface area contributed by atoms with Crippen molar-refractivity contribution in [3.8, 4) is 0 Å². The van der Waals surface area contributed by atoms with E-state index in [4.69, 9.17) is 5.73 Å². The van der Waals surface area contributed by atoms with Gasteiger partial charge < -0.3 is 5.73 Å². The first-order valence-electron chi connectivity index (χ1n) is 6.14. The largest absolute Gasteiger partial charge is 0.328 e. The van der Waals surface area contributed by atoms with Crippen molar-refractivity contribution in [1.82, 2.24) is 0 Å². The van der Waals surface area contributed by atoms with Gasteiger partial charge in [-0.3, -0.25) is 0 Å². The van der Waals surface area contributed by atoms with Crippen LogP contribution in [0.1, 0.15) is 43.7 Å². The number of hydrogen-bond donors (Lipinski definition) is 1. The predicted molar refractivity (Wildman–Crippen MR) is 74.7 cm³/mol. The molecule has 0 amide bonds. The molecule has 0 aliphatic rings. The summed E-state index contributed by atoms with van der Waals surface area (Å²) in [5, 5.41) is 0. The van der Waals surface area contributed by atoms with Gasteiger partial charge in [-0.05, 0) is 49.8 Å². The highest BCUT2D eigenvalue weighted by atomic mass is 79.9. The molecule has 0 bridgehead atoms. The fourth-order valence-corrected chi connectivity index (χ4v) is 2.40. The Morgan fingerprint density at radius 3 is 2.75 bits per heavy atom. The monoisotopic (exact) mass is 283 g/mol. The van der Waals surface area contributed by atoms with Crippen molar-refractivity contribution in [2.75, 3.05) is 0 Å². The van der Waals surface area contributed by atoms with Gasteiger partial charge in [-0.25, -0.2) is 0 Å². The van der Waals surface area contributed by atoms with Crippen molar-refractivity contribution in [2.45, 2.75) is 52.0 Å². The summed E-state index contributed by atoms with van der Waals surface area (Å²) in [6, 6.07) is 6.81. The van der Waals surface area contributed by atoms with Crippen LogP contribution in [0, 0.1) is 6.92 Å². The minimum atomic E-state index is 0.387. The SMILES string of the molecule is CCCC(N)CCCc1cccc(Br)c1C. The number of hydrogen-bond acceptors (Lipinski definition) is 1. The van der Waals surface area contributed by atoms with Crippen LogP contribution in [-0.4, -0.2) is 6.04 Å². The van der Waals surface area contributed by atoms with Crippen molar-refractivity contribution in [2.24, 2.45) is 5.73 Å². The van der Waals surface area contributed by atoms with Gasteiger partial charge in [0.05, 0.1) is 0 Å². The van der Waals surface area contributed by atoms with Gasteiger partial charge in [0.15, 0.2) is 0 Å². The van der Waals surface area contributed by atoms with Crippen LogP contribution in [-0.2, 0) is 6.42 Å². The summed E-state index contributed by atoms with van der Waals surface area (Å²) in [7, 11) is 0. The first-order valence-corrected chi connectivity index (χ1v) is 6.94. The maximum absolute atomic E-state index is 6.01. The molecule has 90 valence electrons. The second-order valence-electron chi connectivity index (χ2n) is 4.46. The van der Waals surface area contributed by atoms with Gasteiger partial charge in [0, 0.05) is 10.5 Å². The van der Waals surface area contributed by atoms with Crippen LogP contribution in [0.5, 0.6) is 0 Å². The average molecular weight is 284 g/mol. The third-order valence-electron chi connectivity index (χ3n) is 3.06. The zero-order chi connectivity index (χ0) is 12.0. The zero-order valence-corrected chi connectivity index (χ0v) is 11.9. The second kappa shape index (κ2) is 7.08. The van der Waals surface area contributed by atoms with Crippen LogP contribution in [0.25, 0.3) is 0 Å². The zero-order valence-electron chi connectivity index (χ0n) is 10.3. The Bertz CT molecular complexity index is 323. The summed E-state index contributed by atoms with van der Waals surface area (Å²) in [6.07, 6.45) is 5.81. The number of halogens is 1. The third kappa shape index (κ3) is 4.26. The highest BCUT2D eigenvalue weighted by Crippen LogP contribution is 2.21. The van der Waals surface area contributed by atoms with Gasteiger partial charge in [0.1, 0.15) is 0 Å². The van der Waals surface area contributed by atoms with Gasteiger partial charge in [0.25, 0.3) is 0 Å². The molecule has 16 heavy (non-hydrogen) atoms. The maximum Gasteiger partial charge on any atom is 0.0207 e. The maximum atomic E-state index is 6.01. The van der Waals surface area contributed by atoms with Gasteiger partial charge in [-0.1, -0.05) is 41.4 Å². The van der Waals surface area contributed by atoms with Crippen molar-refractivity contribution >= 4 is 15.9 Å². The molecule has 0 saturated carbocycles. The van der Waals surface area contributed by atoms with Crippen LogP contribution in [0.2, 0.25) is 0 Å². The quantitative estimate of drug-likeness (QED) is 0.832. The van der Waals surface area contributed by atoms with Crippen LogP contribution in [0.3, 0.4) is 0 Å². The fourth-order valence-electron chi connectivity index (χ4n) is 1.99. The number of benzene rings is 1. The molecule has 0 aromatic heterocycles. The van der Waals surface area contributed by atoms with E-state index in [0.29, 0.717) is 6.04 Å². The molecule has 2 N–H and O–H groups in total. The summed E-state index contributed by atoms with van der Waals surface area (Å²) in [5.74, 6) is 0. The lowest BCUT2D eigenvalue weighted by Crippen LogP contribution is -2.19. The van der Waals surface area contributed by atoms with Crippen molar-refractivity contribution in [1.29, 1.82) is 0 Å². The van der Waals surface area contributed by atoms with Crippen LogP contribution >= 0.6 is 15.9 Å². The van der Waals surface area contributed by atoms with Crippen molar-refractivity contribution in [3.05, 3.63) is 33.8 Å². The Labute approximate surface area is 108 Å². The van der Waals surface area contributed by atoms with Gasteiger partial charge in [0.2, 0.25) is 0 Å². The van der Waals surface area contributed by atoms with E-state index in [-0.39, 0.29) is 0 Å². The molecule has 0 aliphatic carbocycles. The Balaban J connectivity index is 2.40. The fraction of sp³-hybridized carbons (Fsp3) is 0.571. The molecule has 1 rings (SSSR count). The summed E-state index contributed by atoms with van der Waals surface area (Å²) in [6.45, 7) is 4.36. The second-order valence-corrected chi connectivity index (χ2v) is 5.32. The number of aryl methyl sites for hydroxylation is 1. The van der Waals surface area contributed by atoms with E-state index in [1.165, 1.54) is 28.4 Å². The highest BCUT2D eigenvalue weighted by Gasteiger charge is 2.04. The minimum Gasteiger partial charge on any atom is -0.328 e. The normalized spacial score (nSPS) is 12.8. The lowest BCUT2D eigenvalue weighted by Gasteiger charge is -2.11. The standard InChI is InChI=1S/C14H22BrN/c1-3-6-13(16)9-4-7-12-8-5-10-14(15)11(12)2/h5,8,10,13H,3-4,6-7,9,16H2,1-2H3. The highest BCUT2D eigenvalue weighted by molar-refractivity contribution is 9.10. The molecule has 0 radical (unpaired) electrons. The van der Waals surface area contributed by atoms with Gasteiger partial charge >= 0.3 is 0 Å². The molecular weight excluding hydrogens is 262 g/mol. The molecule has 0 aliphatic heterocycles. The first-order chi connectivity index (χ1) is 7.65.